The molecule has 4 heteroatoms. The zero-order chi connectivity index (χ0) is 18.5. The molecule has 27 heavy (non-hydrogen) atoms. The van der Waals surface area contributed by atoms with Crippen LogP contribution >= 0.6 is 0 Å². The maximum atomic E-state index is 12.3. The van der Waals surface area contributed by atoms with Gasteiger partial charge in [-0.05, 0) is 47.9 Å². The van der Waals surface area contributed by atoms with Crippen molar-refractivity contribution in [2.24, 2.45) is 0 Å². The lowest BCUT2D eigenvalue weighted by molar-refractivity contribution is 0.0955. The number of hydrogen-bond acceptors (Lipinski definition) is 2. The third-order valence-electron chi connectivity index (χ3n) is 4.55. The highest BCUT2D eigenvalue weighted by molar-refractivity contribution is 5.95. The van der Waals surface area contributed by atoms with Crippen LogP contribution < -0.4 is 10.6 Å². The summed E-state index contributed by atoms with van der Waals surface area (Å²) in [5.41, 5.74) is 2.78. The van der Waals surface area contributed by atoms with Crippen molar-refractivity contribution in [1.82, 2.24) is 9.88 Å². The summed E-state index contributed by atoms with van der Waals surface area (Å²) < 4.78 is 2.01. The molecule has 0 saturated heterocycles. The summed E-state index contributed by atoms with van der Waals surface area (Å²) in [5, 5.41) is 8.76. The van der Waals surface area contributed by atoms with Crippen molar-refractivity contribution in [3.8, 4) is 5.69 Å². The maximum absolute atomic E-state index is 12.3. The Morgan fingerprint density at radius 2 is 1.52 bits per heavy atom. The fraction of sp³-hybridized carbons (Fsp3) is 0.0870. The largest absolute Gasteiger partial charge is 0.383 e. The number of fused-ring (bicyclic) bond motifs is 1. The molecule has 0 bridgehead atoms. The third kappa shape index (κ3) is 3.85. The molecule has 0 saturated carbocycles. The Morgan fingerprint density at radius 1 is 0.778 bits per heavy atom. The lowest BCUT2D eigenvalue weighted by Crippen LogP contribution is -2.28. The smallest absolute Gasteiger partial charge is 0.251 e. The van der Waals surface area contributed by atoms with E-state index >= 15 is 0 Å². The normalized spacial score (nSPS) is 10.7. The Hall–Kier alpha value is -3.53. The topological polar surface area (TPSA) is 46.1 Å². The summed E-state index contributed by atoms with van der Waals surface area (Å²) in [6.45, 7) is 1.22. The predicted molar refractivity (Wildman–Crippen MR) is 111 cm³/mol. The molecule has 134 valence electrons. The summed E-state index contributed by atoms with van der Waals surface area (Å²) in [6.07, 6.45) is 3.96. The quantitative estimate of drug-likeness (QED) is 0.501. The number of carbonyl (C=O) groups is 1. The molecule has 0 unspecified atom stereocenters. The first-order chi connectivity index (χ1) is 13.3. The van der Waals surface area contributed by atoms with Crippen LogP contribution in [0.3, 0.4) is 0 Å². The Balaban J connectivity index is 1.32. The number of rotatable bonds is 6. The van der Waals surface area contributed by atoms with Gasteiger partial charge in [-0.1, -0.05) is 36.4 Å². The van der Waals surface area contributed by atoms with Crippen LogP contribution in [0, 0.1) is 0 Å². The number of hydrogen-bond donors (Lipinski definition) is 2. The zero-order valence-corrected chi connectivity index (χ0v) is 14.9. The van der Waals surface area contributed by atoms with Crippen molar-refractivity contribution in [1.29, 1.82) is 0 Å². The predicted octanol–water partition coefficient (Wildman–Crippen LogP) is 4.47. The highest BCUT2D eigenvalue weighted by Crippen LogP contribution is 2.22. The van der Waals surface area contributed by atoms with Crippen LogP contribution in [-0.2, 0) is 0 Å². The van der Waals surface area contributed by atoms with Crippen LogP contribution in [0.1, 0.15) is 10.4 Å². The second kappa shape index (κ2) is 7.79. The molecule has 4 rings (SSSR count). The number of carbonyl (C=O) groups excluding carboxylic acids is 1. The molecular weight excluding hydrogens is 334 g/mol. The number of nitrogens with zero attached hydrogens (tertiary/aromatic N) is 1. The van der Waals surface area contributed by atoms with Crippen LogP contribution in [0.2, 0.25) is 0 Å². The minimum absolute atomic E-state index is 0.0613. The standard InChI is InChI=1S/C23H21N3O/c27-23(19-10-12-20(13-11-19)26-16-3-4-17-26)25-15-14-24-22-9-5-7-18-6-1-2-8-21(18)22/h1-13,16-17,24H,14-15H2,(H,25,27). The minimum Gasteiger partial charge on any atom is -0.383 e. The van der Waals surface area contributed by atoms with Crippen molar-refractivity contribution in [3.63, 3.8) is 0 Å². The van der Waals surface area contributed by atoms with Gasteiger partial charge in [0.2, 0.25) is 0 Å². The maximum Gasteiger partial charge on any atom is 0.251 e. The van der Waals surface area contributed by atoms with E-state index in [1.54, 1.807) is 0 Å². The molecule has 0 fully saturated rings. The molecule has 1 heterocycles. The Morgan fingerprint density at radius 3 is 2.33 bits per heavy atom. The molecule has 0 aliphatic rings. The van der Waals surface area contributed by atoms with Gasteiger partial charge < -0.3 is 15.2 Å². The first-order valence-electron chi connectivity index (χ1n) is 9.04. The van der Waals surface area contributed by atoms with E-state index in [0.717, 1.165) is 11.4 Å². The molecule has 4 aromatic rings. The summed E-state index contributed by atoms with van der Waals surface area (Å²) in [5.74, 6) is -0.0613. The van der Waals surface area contributed by atoms with Crippen molar-refractivity contribution in [3.05, 3.63) is 96.8 Å². The van der Waals surface area contributed by atoms with E-state index in [1.165, 1.54) is 10.8 Å². The van der Waals surface area contributed by atoms with Crippen LogP contribution in [0.15, 0.2) is 91.3 Å². The van der Waals surface area contributed by atoms with Gasteiger partial charge in [-0.2, -0.15) is 0 Å². The number of nitrogens with one attached hydrogen (secondary N) is 2. The molecule has 0 radical (unpaired) electrons. The Bertz CT molecular complexity index is 1030. The number of amides is 1. The molecule has 1 aromatic heterocycles. The van der Waals surface area contributed by atoms with Crippen LogP contribution in [0.25, 0.3) is 16.5 Å². The lowest BCUT2D eigenvalue weighted by atomic mass is 10.1. The molecule has 0 aliphatic carbocycles. The summed E-state index contributed by atoms with van der Waals surface area (Å²) >= 11 is 0. The zero-order valence-electron chi connectivity index (χ0n) is 14.9. The molecule has 3 aromatic carbocycles. The van der Waals surface area contributed by atoms with Gasteiger partial charge in [0.1, 0.15) is 0 Å². The van der Waals surface area contributed by atoms with Crippen molar-refractivity contribution in [2.75, 3.05) is 18.4 Å². The average molecular weight is 355 g/mol. The van der Waals surface area contributed by atoms with Gasteiger partial charge in [0.15, 0.2) is 0 Å². The van der Waals surface area contributed by atoms with E-state index < -0.39 is 0 Å². The van der Waals surface area contributed by atoms with Gasteiger partial charge in [0, 0.05) is 47.8 Å². The molecule has 4 nitrogen and oxygen atoms in total. The number of benzene rings is 3. The average Bonchev–Trinajstić information content (AvgIpc) is 3.26. The molecule has 2 N–H and O–H groups in total. The molecule has 0 spiro atoms. The number of anilines is 1. The Labute approximate surface area is 158 Å². The van der Waals surface area contributed by atoms with Crippen molar-refractivity contribution < 1.29 is 4.79 Å². The van der Waals surface area contributed by atoms with Crippen molar-refractivity contribution >= 4 is 22.4 Å². The summed E-state index contributed by atoms with van der Waals surface area (Å²) in [4.78, 5) is 12.3. The molecular formula is C23H21N3O. The first-order valence-corrected chi connectivity index (χ1v) is 9.04. The second-order valence-corrected chi connectivity index (χ2v) is 6.35. The highest BCUT2D eigenvalue weighted by atomic mass is 16.1. The lowest BCUT2D eigenvalue weighted by Gasteiger charge is -2.11. The highest BCUT2D eigenvalue weighted by Gasteiger charge is 2.05. The fourth-order valence-electron chi connectivity index (χ4n) is 3.15. The van der Waals surface area contributed by atoms with E-state index in [-0.39, 0.29) is 5.91 Å². The molecule has 1 amide bonds. The first kappa shape index (κ1) is 16.9. The number of aromatic nitrogens is 1. The second-order valence-electron chi connectivity index (χ2n) is 6.35. The van der Waals surface area contributed by atoms with Crippen LogP contribution in [0.5, 0.6) is 0 Å². The van der Waals surface area contributed by atoms with Gasteiger partial charge in [0.05, 0.1) is 0 Å². The molecule has 0 aliphatic heterocycles. The van der Waals surface area contributed by atoms with Gasteiger partial charge in [0.25, 0.3) is 5.91 Å². The Kier molecular flexibility index (Phi) is 4.88. The minimum atomic E-state index is -0.0613. The van der Waals surface area contributed by atoms with Gasteiger partial charge >= 0.3 is 0 Å². The van der Waals surface area contributed by atoms with E-state index in [4.69, 9.17) is 0 Å². The van der Waals surface area contributed by atoms with E-state index in [2.05, 4.69) is 34.9 Å². The fourth-order valence-corrected chi connectivity index (χ4v) is 3.15. The molecule has 0 atom stereocenters. The van der Waals surface area contributed by atoms with Crippen molar-refractivity contribution in [2.45, 2.75) is 0 Å². The van der Waals surface area contributed by atoms with Crippen LogP contribution in [-0.4, -0.2) is 23.6 Å². The van der Waals surface area contributed by atoms with E-state index in [0.29, 0.717) is 18.7 Å². The SMILES string of the molecule is O=C(NCCNc1cccc2ccccc12)c1ccc(-n2cccc2)cc1. The van der Waals surface area contributed by atoms with Crippen LogP contribution in [0.4, 0.5) is 5.69 Å². The van der Waals surface area contributed by atoms with E-state index in [1.807, 2.05) is 71.6 Å². The summed E-state index contributed by atoms with van der Waals surface area (Å²) in [6, 6.07) is 26.0. The third-order valence-corrected chi connectivity index (χ3v) is 4.55. The van der Waals surface area contributed by atoms with Gasteiger partial charge in [-0.3, -0.25) is 4.79 Å². The monoisotopic (exact) mass is 355 g/mol. The van der Waals surface area contributed by atoms with Gasteiger partial charge in [-0.25, -0.2) is 0 Å². The van der Waals surface area contributed by atoms with Gasteiger partial charge in [-0.15, -0.1) is 0 Å². The van der Waals surface area contributed by atoms with E-state index in [9.17, 15) is 4.79 Å². The summed E-state index contributed by atoms with van der Waals surface area (Å²) in [7, 11) is 0.